The molecule has 0 bridgehead atoms. The first-order chi connectivity index (χ1) is 56.6. The Morgan fingerprint density at radius 3 is 1.06 bits per heavy atom. The Balaban J connectivity index is 0.000000117. The summed E-state index contributed by atoms with van der Waals surface area (Å²) in [6, 6.07) is 105. The van der Waals surface area contributed by atoms with Crippen LogP contribution >= 0.6 is 0 Å². The Hall–Kier alpha value is -16.7. The number of hydrogen-bond donors (Lipinski definition) is 0. The standard InChI is InChI=1S/C32H18FN3.C26H14FN3.C23H15FN2.C20H9FN2O/c1-35-29-17-24(16-25(20-34)32(29)33)23-13-15-28-27-14-12-22(21-8-4-2-5-9-21)18-30(27)36(31(28)19-23)26-10-6-3-7-11-26;1-29-23-14-18(13-19(16-28)26(23)27)17-11-12-22-21-9-5-6-10-24(21)30(25(22)15-17)20-7-3-2-4-8-20;1-23(2)19-7-5-4-6-17(19)18-9-8-14(11-20(18)23)15-10-16(13-25)22(24)21(12-15)26-3;1-23-17-9-13(8-14(11-22)20(17)21)12-6-7-16-15-4-2-3-5-18(15)24-19(16)10-12/h2-19H;2-15H;4-12H,1-2H3;2-10H. The second-order valence-electron chi connectivity index (χ2n) is 28.0. The molecule has 0 spiro atoms. The van der Waals surface area contributed by atoms with Crippen LogP contribution < -0.4 is 0 Å². The van der Waals surface area contributed by atoms with Crippen LogP contribution in [-0.4, -0.2) is 9.13 Å². The maximum atomic E-state index is 14.4. The van der Waals surface area contributed by atoms with E-state index in [1.54, 1.807) is 6.07 Å². The van der Waals surface area contributed by atoms with Gasteiger partial charge in [0.1, 0.15) is 58.7 Å². The van der Waals surface area contributed by atoms with Gasteiger partial charge in [0.2, 0.25) is 22.7 Å². The third-order valence-electron chi connectivity index (χ3n) is 21.0. The quantitative estimate of drug-likeness (QED) is 0.116. The SMILES string of the molecule is [C-]#[N+]c1cc(-c2ccc3c(c2)C(C)(C)c2ccccc2-3)cc(C#N)c1F.[C-]#[N+]c1cc(-c2ccc3c(c2)oc2ccccc23)cc(C#N)c1F.[C-]#[N+]c1cc(-c2ccc3c4ccc(-c5ccccc5)cc4n(-c4ccccc4)c3c2)cc(C#N)c1F.[C-]#[N+]c1cc(-c2ccc3c4ccccc4n(-c4ccccc4)c3c2)cc(C#N)c1F. The van der Waals surface area contributed by atoms with Crippen LogP contribution in [0.5, 0.6) is 0 Å². The lowest BCUT2D eigenvalue weighted by Crippen LogP contribution is -2.14. The average Bonchev–Trinajstić information content (AvgIpc) is 1.61. The van der Waals surface area contributed by atoms with Crippen molar-refractivity contribution < 1.29 is 22.0 Å². The largest absolute Gasteiger partial charge is 0.456 e. The van der Waals surface area contributed by atoms with Crippen molar-refractivity contribution in [3.63, 3.8) is 0 Å². The van der Waals surface area contributed by atoms with Crippen molar-refractivity contribution in [2.24, 2.45) is 0 Å². The molecule has 0 saturated carbocycles. The molecule has 1 aliphatic carbocycles. The Bertz CT molecular complexity index is 7330. The fourth-order valence-corrected chi connectivity index (χ4v) is 15.4. The van der Waals surface area contributed by atoms with E-state index in [4.69, 9.17) is 36.0 Å². The summed E-state index contributed by atoms with van der Waals surface area (Å²) in [5.41, 5.74) is 19.6. The molecule has 116 heavy (non-hydrogen) atoms. The van der Waals surface area contributed by atoms with Gasteiger partial charge >= 0.3 is 0 Å². The molecule has 18 aromatic rings. The molecular weight excluding hydrogens is 1450 g/mol. The van der Waals surface area contributed by atoms with E-state index in [9.17, 15) is 33.3 Å². The maximum absolute atomic E-state index is 14.4. The molecule has 0 aliphatic heterocycles. The van der Waals surface area contributed by atoms with Crippen molar-refractivity contribution in [2.45, 2.75) is 19.3 Å². The molecule has 0 atom stereocenters. The summed E-state index contributed by atoms with van der Waals surface area (Å²) >= 11 is 0. The van der Waals surface area contributed by atoms with Crippen molar-refractivity contribution in [2.75, 3.05) is 0 Å². The zero-order chi connectivity index (χ0) is 80.5. The van der Waals surface area contributed by atoms with E-state index in [2.05, 4.69) is 145 Å². The van der Waals surface area contributed by atoms with Crippen LogP contribution in [0.4, 0.5) is 40.3 Å². The molecule has 1 aliphatic rings. The number of fused-ring (bicyclic) bond motifs is 12. The molecular formula is C101H56F4N10O. The van der Waals surface area contributed by atoms with Gasteiger partial charge in [-0.15, -0.1) is 0 Å². The highest BCUT2D eigenvalue weighted by molar-refractivity contribution is 6.12. The number of nitriles is 4. The molecule has 15 aromatic carbocycles. The van der Waals surface area contributed by atoms with Crippen LogP contribution in [-0.2, 0) is 5.41 Å². The molecule has 15 heteroatoms. The molecule has 0 unspecified atom stereocenters. The van der Waals surface area contributed by atoms with Crippen molar-refractivity contribution in [1.82, 2.24) is 9.13 Å². The number of nitrogens with zero attached hydrogens (tertiary/aromatic N) is 10. The lowest BCUT2D eigenvalue weighted by molar-refractivity contribution is 0.629. The minimum atomic E-state index is -0.777. The van der Waals surface area contributed by atoms with Gasteiger partial charge in [0.15, 0.2) is 0 Å². The van der Waals surface area contributed by atoms with E-state index >= 15 is 0 Å². The molecule has 0 N–H and O–H groups in total. The zero-order valence-electron chi connectivity index (χ0n) is 61.8. The summed E-state index contributed by atoms with van der Waals surface area (Å²) in [4.78, 5) is 12.9. The molecule has 0 radical (unpaired) electrons. The van der Waals surface area contributed by atoms with E-state index in [1.807, 2.05) is 170 Å². The van der Waals surface area contributed by atoms with Gasteiger partial charge in [-0.25, -0.2) is 36.9 Å². The highest BCUT2D eigenvalue weighted by atomic mass is 19.1. The van der Waals surface area contributed by atoms with Gasteiger partial charge in [-0.05, 0) is 199 Å². The van der Waals surface area contributed by atoms with E-state index in [0.29, 0.717) is 27.8 Å². The third-order valence-corrected chi connectivity index (χ3v) is 21.0. The summed E-state index contributed by atoms with van der Waals surface area (Å²) < 4.78 is 66.8. The predicted molar refractivity (Wildman–Crippen MR) is 450 cm³/mol. The van der Waals surface area contributed by atoms with E-state index < -0.39 is 23.3 Å². The number of aromatic nitrogens is 2. The normalized spacial score (nSPS) is 11.4. The number of furan rings is 1. The first-order valence-electron chi connectivity index (χ1n) is 36.5. The van der Waals surface area contributed by atoms with Crippen LogP contribution in [0.3, 0.4) is 0 Å². The van der Waals surface area contributed by atoms with Gasteiger partial charge in [0.25, 0.3) is 0 Å². The summed E-state index contributed by atoms with van der Waals surface area (Å²) in [6.07, 6.45) is 0. The smallest absolute Gasteiger partial charge is 0.224 e. The number of rotatable bonds is 7. The van der Waals surface area contributed by atoms with Crippen LogP contribution in [0.25, 0.3) is 163 Å². The van der Waals surface area contributed by atoms with Crippen LogP contribution in [0, 0.1) is 94.9 Å². The van der Waals surface area contributed by atoms with Crippen molar-refractivity contribution in [3.8, 4) is 102 Å². The second-order valence-corrected chi connectivity index (χ2v) is 28.0. The Kier molecular flexibility index (Phi) is 19.4. The Morgan fingerprint density at radius 2 is 0.612 bits per heavy atom. The van der Waals surface area contributed by atoms with E-state index in [0.717, 1.165) is 105 Å². The van der Waals surface area contributed by atoms with Gasteiger partial charge in [-0.2, -0.15) is 21.0 Å². The highest BCUT2D eigenvalue weighted by Crippen LogP contribution is 2.50. The van der Waals surface area contributed by atoms with Crippen LogP contribution in [0.1, 0.15) is 47.2 Å². The average molecular weight is 1500 g/mol. The molecule has 3 aromatic heterocycles. The molecule has 19 rings (SSSR count). The number of para-hydroxylation sites is 4. The second kappa shape index (κ2) is 30.7. The van der Waals surface area contributed by atoms with Gasteiger partial charge < -0.3 is 13.6 Å². The highest BCUT2D eigenvalue weighted by Gasteiger charge is 2.35. The lowest BCUT2D eigenvalue weighted by atomic mass is 9.81. The molecule has 0 saturated heterocycles. The fourth-order valence-electron chi connectivity index (χ4n) is 15.4. The van der Waals surface area contributed by atoms with E-state index in [-0.39, 0.29) is 50.4 Å². The number of benzene rings is 15. The lowest BCUT2D eigenvalue weighted by Gasteiger charge is -2.22. The topological polar surface area (TPSA) is 136 Å². The minimum absolute atomic E-state index is 0.100. The molecule has 11 nitrogen and oxygen atoms in total. The fraction of sp³-hybridized carbons (Fsp3) is 0.0297. The maximum Gasteiger partial charge on any atom is 0.224 e. The first-order valence-corrected chi connectivity index (χ1v) is 36.5. The van der Waals surface area contributed by atoms with Gasteiger partial charge in [0, 0.05) is 49.1 Å². The van der Waals surface area contributed by atoms with Gasteiger partial charge in [0.05, 0.1) is 70.6 Å². The summed E-state index contributed by atoms with van der Waals surface area (Å²) in [5.74, 6) is -3.07. The monoisotopic (exact) mass is 1500 g/mol. The zero-order valence-corrected chi connectivity index (χ0v) is 61.8. The van der Waals surface area contributed by atoms with Crippen LogP contribution in [0.15, 0.2) is 308 Å². The summed E-state index contributed by atoms with van der Waals surface area (Å²) in [5, 5.41) is 43.4. The van der Waals surface area contributed by atoms with Gasteiger partial charge in [-0.1, -0.05) is 196 Å². The summed E-state index contributed by atoms with van der Waals surface area (Å²) in [6.45, 7) is 33.2. The van der Waals surface area contributed by atoms with Crippen LogP contribution in [0.2, 0.25) is 0 Å². The third kappa shape index (κ3) is 13.2. The van der Waals surface area contributed by atoms with Crippen molar-refractivity contribution in [3.05, 3.63) is 406 Å². The van der Waals surface area contributed by atoms with Crippen molar-refractivity contribution >= 4 is 88.3 Å². The predicted octanol–water partition coefficient (Wildman–Crippen LogP) is 27.7. The number of halogens is 4. The molecule has 0 fully saturated rings. The van der Waals surface area contributed by atoms with E-state index in [1.165, 1.54) is 70.8 Å². The first kappa shape index (κ1) is 73.5. The molecule has 0 amide bonds. The van der Waals surface area contributed by atoms with Gasteiger partial charge in [-0.3, -0.25) is 0 Å². The molecule has 3 heterocycles. The Labute approximate surface area is 663 Å². The number of hydrogen-bond acceptors (Lipinski definition) is 5. The van der Waals surface area contributed by atoms with Crippen molar-refractivity contribution in [1.29, 1.82) is 21.0 Å². The Morgan fingerprint density at radius 1 is 0.284 bits per heavy atom. The molecule has 544 valence electrons. The summed E-state index contributed by atoms with van der Waals surface area (Å²) in [7, 11) is 0. The minimum Gasteiger partial charge on any atom is -0.456 e.